The van der Waals surface area contributed by atoms with Gasteiger partial charge in [-0.15, -0.1) is 0 Å². The molecule has 0 atom stereocenters. The number of hydrogen-bond acceptors (Lipinski definition) is 3. The van der Waals surface area contributed by atoms with Crippen molar-refractivity contribution in [1.82, 2.24) is 0 Å². The minimum atomic E-state index is -0.0155. The van der Waals surface area contributed by atoms with Gasteiger partial charge in [-0.1, -0.05) is 26.7 Å². The summed E-state index contributed by atoms with van der Waals surface area (Å²) in [6, 6.07) is 5.45. The van der Waals surface area contributed by atoms with Gasteiger partial charge in [-0.05, 0) is 25.0 Å². The average Bonchev–Trinajstić information content (AvgIpc) is 2.40. The van der Waals surface area contributed by atoms with Crippen molar-refractivity contribution in [3.63, 3.8) is 0 Å². The van der Waals surface area contributed by atoms with Gasteiger partial charge in [0, 0.05) is 6.07 Å². The van der Waals surface area contributed by atoms with Crippen LogP contribution in [-0.4, -0.2) is 13.2 Å². The van der Waals surface area contributed by atoms with Crippen molar-refractivity contribution in [2.75, 3.05) is 13.2 Å². The zero-order valence-corrected chi connectivity index (χ0v) is 12.0. The SMILES string of the molecule is CCCCOc1ccc(P=O)c(OCCCC)c1. The van der Waals surface area contributed by atoms with Crippen LogP contribution >= 0.6 is 8.46 Å². The van der Waals surface area contributed by atoms with Crippen LogP contribution in [0.15, 0.2) is 18.2 Å². The normalized spacial score (nSPS) is 10.6. The Morgan fingerprint density at radius 3 is 2.33 bits per heavy atom. The van der Waals surface area contributed by atoms with Crippen LogP contribution in [0.5, 0.6) is 11.5 Å². The van der Waals surface area contributed by atoms with Gasteiger partial charge in [-0.3, -0.25) is 4.57 Å². The highest BCUT2D eigenvalue weighted by Crippen LogP contribution is 2.21. The van der Waals surface area contributed by atoms with Gasteiger partial charge < -0.3 is 9.47 Å². The third kappa shape index (κ3) is 5.05. The molecule has 0 bridgehead atoms. The summed E-state index contributed by atoms with van der Waals surface area (Å²) in [5.41, 5.74) is 0. The molecule has 0 aliphatic heterocycles. The Hall–Kier alpha value is -1.08. The number of unbranched alkanes of at least 4 members (excludes halogenated alkanes) is 2. The molecule has 0 unspecified atom stereocenters. The standard InChI is InChI=1S/C14H21O3P/c1-3-5-9-16-12-7-8-14(18-15)13(11-12)17-10-6-4-2/h7-8,11H,3-6,9-10H2,1-2H3. The Balaban J connectivity index is 2.65. The Kier molecular flexibility index (Phi) is 7.43. The Labute approximate surface area is 111 Å². The summed E-state index contributed by atoms with van der Waals surface area (Å²) in [5.74, 6) is 1.44. The van der Waals surface area contributed by atoms with Crippen LogP contribution in [0.25, 0.3) is 0 Å². The predicted molar refractivity (Wildman–Crippen MR) is 74.5 cm³/mol. The minimum Gasteiger partial charge on any atom is -0.493 e. The molecule has 1 aromatic carbocycles. The second-order valence-corrected chi connectivity index (χ2v) is 4.79. The zero-order chi connectivity index (χ0) is 13.2. The Bertz CT molecular complexity index is 366. The summed E-state index contributed by atoms with van der Waals surface area (Å²) in [6.45, 7) is 5.60. The number of rotatable bonds is 9. The summed E-state index contributed by atoms with van der Waals surface area (Å²) in [7, 11) is -0.0155. The van der Waals surface area contributed by atoms with E-state index in [4.69, 9.17) is 9.47 Å². The first-order chi connectivity index (χ1) is 8.81. The molecule has 4 heteroatoms. The molecule has 0 amide bonds. The summed E-state index contributed by atoms with van der Waals surface area (Å²) in [5, 5.41) is 0.675. The highest BCUT2D eigenvalue weighted by atomic mass is 31.1. The van der Waals surface area contributed by atoms with E-state index in [0.29, 0.717) is 24.3 Å². The van der Waals surface area contributed by atoms with Crippen molar-refractivity contribution in [3.8, 4) is 11.5 Å². The van der Waals surface area contributed by atoms with Crippen LogP contribution in [0, 0.1) is 0 Å². The fraction of sp³-hybridized carbons (Fsp3) is 0.571. The van der Waals surface area contributed by atoms with Gasteiger partial charge in [0.25, 0.3) is 0 Å². The van der Waals surface area contributed by atoms with E-state index in [2.05, 4.69) is 13.8 Å². The highest BCUT2D eigenvalue weighted by molar-refractivity contribution is 7.34. The average molecular weight is 268 g/mol. The van der Waals surface area contributed by atoms with Crippen molar-refractivity contribution in [2.24, 2.45) is 0 Å². The fourth-order valence-electron chi connectivity index (χ4n) is 1.44. The molecule has 0 aliphatic carbocycles. The quantitative estimate of drug-likeness (QED) is 0.502. The van der Waals surface area contributed by atoms with Gasteiger partial charge in [0.05, 0.1) is 18.5 Å². The smallest absolute Gasteiger partial charge is 0.196 e. The van der Waals surface area contributed by atoms with E-state index < -0.39 is 0 Å². The molecule has 0 radical (unpaired) electrons. The first-order valence-electron chi connectivity index (χ1n) is 6.54. The maximum absolute atomic E-state index is 11.0. The molecule has 0 spiro atoms. The van der Waals surface area contributed by atoms with Crippen LogP contribution in [-0.2, 0) is 4.57 Å². The molecule has 18 heavy (non-hydrogen) atoms. The van der Waals surface area contributed by atoms with E-state index in [1.807, 2.05) is 12.1 Å². The van der Waals surface area contributed by atoms with Crippen LogP contribution < -0.4 is 14.8 Å². The van der Waals surface area contributed by atoms with E-state index >= 15 is 0 Å². The third-order valence-corrected chi connectivity index (χ3v) is 3.12. The molecule has 0 N–H and O–H groups in total. The molecule has 0 saturated heterocycles. The van der Waals surface area contributed by atoms with E-state index in [1.165, 1.54) is 0 Å². The fourth-order valence-corrected chi connectivity index (χ4v) is 1.79. The minimum absolute atomic E-state index is 0.0155. The summed E-state index contributed by atoms with van der Waals surface area (Å²) in [6.07, 6.45) is 4.22. The second kappa shape index (κ2) is 8.93. The topological polar surface area (TPSA) is 35.5 Å². The van der Waals surface area contributed by atoms with Crippen molar-refractivity contribution in [1.29, 1.82) is 0 Å². The Morgan fingerprint density at radius 2 is 1.72 bits per heavy atom. The molecule has 0 saturated carbocycles. The maximum atomic E-state index is 11.0. The lowest BCUT2D eigenvalue weighted by atomic mass is 10.3. The first-order valence-corrected chi connectivity index (χ1v) is 7.36. The predicted octanol–water partition coefficient (Wildman–Crippen LogP) is 3.96. The largest absolute Gasteiger partial charge is 0.493 e. The van der Waals surface area contributed by atoms with Gasteiger partial charge in [0.1, 0.15) is 11.5 Å². The second-order valence-electron chi connectivity index (χ2n) is 4.12. The summed E-state index contributed by atoms with van der Waals surface area (Å²) < 4.78 is 22.2. The number of ether oxygens (including phenoxy) is 2. The van der Waals surface area contributed by atoms with E-state index in [9.17, 15) is 4.57 Å². The van der Waals surface area contributed by atoms with E-state index in [0.717, 1.165) is 31.4 Å². The van der Waals surface area contributed by atoms with Gasteiger partial charge in [0.15, 0.2) is 8.46 Å². The van der Waals surface area contributed by atoms with Crippen molar-refractivity contribution in [2.45, 2.75) is 39.5 Å². The lowest BCUT2D eigenvalue weighted by molar-refractivity contribution is 0.296. The van der Waals surface area contributed by atoms with Gasteiger partial charge in [-0.25, -0.2) is 0 Å². The van der Waals surface area contributed by atoms with Crippen molar-refractivity contribution < 1.29 is 14.0 Å². The molecular formula is C14H21O3P. The summed E-state index contributed by atoms with van der Waals surface area (Å²) >= 11 is 0. The molecule has 0 heterocycles. The van der Waals surface area contributed by atoms with E-state index in [1.54, 1.807) is 6.07 Å². The van der Waals surface area contributed by atoms with Crippen molar-refractivity contribution >= 4 is 13.8 Å². The molecule has 0 aliphatic rings. The number of benzene rings is 1. The first kappa shape index (κ1) is 15.0. The molecule has 3 nitrogen and oxygen atoms in total. The van der Waals surface area contributed by atoms with Gasteiger partial charge >= 0.3 is 0 Å². The monoisotopic (exact) mass is 268 g/mol. The highest BCUT2D eigenvalue weighted by Gasteiger charge is 2.06. The van der Waals surface area contributed by atoms with Crippen LogP contribution in [0.1, 0.15) is 39.5 Å². The molecule has 1 rings (SSSR count). The molecule has 1 aromatic rings. The van der Waals surface area contributed by atoms with Gasteiger partial charge in [0.2, 0.25) is 0 Å². The maximum Gasteiger partial charge on any atom is 0.196 e. The molecule has 0 fully saturated rings. The lowest BCUT2D eigenvalue weighted by Gasteiger charge is -2.10. The third-order valence-electron chi connectivity index (χ3n) is 2.55. The summed E-state index contributed by atoms with van der Waals surface area (Å²) in [4.78, 5) is 0. The number of hydrogen-bond donors (Lipinski definition) is 0. The van der Waals surface area contributed by atoms with Crippen LogP contribution in [0.3, 0.4) is 0 Å². The van der Waals surface area contributed by atoms with Crippen LogP contribution in [0.2, 0.25) is 0 Å². The van der Waals surface area contributed by atoms with Gasteiger partial charge in [-0.2, -0.15) is 0 Å². The molecular weight excluding hydrogens is 247 g/mol. The molecule has 0 aromatic heterocycles. The lowest BCUT2D eigenvalue weighted by Crippen LogP contribution is -2.06. The zero-order valence-electron chi connectivity index (χ0n) is 11.1. The van der Waals surface area contributed by atoms with Crippen LogP contribution in [0.4, 0.5) is 0 Å². The Morgan fingerprint density at radius 1 is 1.06 bits per heavy atom. The molecule has 100 valence electrons. The van der Waals surface area contributed by atoms with E-state index in [-0.39, 0.29) is 8.46 Å². The van der Waals surface area contributed by atoms with Crippen molar-refractivity contribution in [3.05, 3.63) is 18.2 Å².